The lowest BCUT2D eigenvalue weighted by atomic mass is 10.1. The van der Waals surface area contributed by atoms with Gasteiger partial charge >= 0.3 is 0 Å². The molecule has 1 aromatic rings. The molecule has 2 rings (SSSR count). The van der Waals surface area contributed by atoms with E-state index in [0.717, 1.165) is 35.1 Å². The number of hydrogen-bond acceptors (Lipinski definition) is 3. The third-order valence-electron chi connectivity index (χ3n) is 2.53. The molecule has 3 nitrogen and oxygen atoms in total. The number of methoxy groups -OCH3 is 1. The van der Waals surface area contributed by atoms with E-state index in [4.69, 9.17) is 16.3 Å². The van der Waals surface area contributed by atoms with Gasteiger partial charge in [-0.25, -0.2) is 0 Å². The van der Waals surface area contributed by atoms with Crippen LogP contribution < -0.4 is 5.32 Å². The Bertz CT molecular complexity index is 372. The summed E-state index contributed by atoms with van der Waals surface area (Å²) in [5.74, 6) is 0. The standard InChI is InChI=1S/C10H13ClN2O.2ClH/c1-6-7-3-12-4-8(7)13-9(5-14-2)10(6)11;;/h12H,3-5H2,1-2H3;2*1H. The Morgan fingerprint density at radius 1 is 1.38 bits per heavy atom. The van der Waals surface area contributed by atoms with E-state index < -0.39 is 0 Å². The number of aromatic nitrogens is 1. The SMILES string of the molecule is COCc1nc2c(c(C)c1Cl)CNC2.Cl.Cl. The second kappa shape index (κ2) is 6.62. The van der Waals surface area contributed by atoms with E-state index in [1.807, 2.05) is 6.92 Å². The fraction of sp³-hybridized carbons (Fsp3) is 0.500. The van der Waals surface area contributed by atoms with E-state index in [2.05, 4.69) is 10.3 Å². The maximum atomic E-state index is 6.19. The number of nitrogens with zero attached hydrogens (tertiary/aromatic N) is 1. The fourth-order valence-electron chi connectivity index (χ4n) is 1.76. The highest BCUT2D eigenvalue weighted by atomic mass is 35.5. The minimum Gasteiger partial charge on any atom is -0.378 e. The predicted molar refractivity (Wildman–Crippen MR) is 69.7 cm³/mol. The van der Waals surface area contributed by atoms with Crippen LogP contribution >= 0.6 is 36.4 Å². The molecule has 0 aliphatic carbocycles. The van der Waals surface area contributed by atoms with E-state index in [1.165, 1.54) is 5.56 Å². The van der Waals surface area contributed by atoms with Gasteiger partial charge in [0.05, 0.1) is 23.0 Å². The molecule has 0 radical (unpaired) electrons. The minimum absolute atomic E-state index is 0. The summed E-state index contributed by atoms with van der Waals surface area (Å²) < 4.78 is 5.06. The van der Waals surface area contributed by atoms with Crippen LogP contribution in [0.4, 0.5) is 0 Å². The number of nitrogens with one attached hydrogen (secondary N) is 1. The number of hydrogen-bond donors (Lipinski definition) is 1. The molecule has 0 unspecified atom stereocenters. The molecule has 1 N–H and O–H groups in total. The normalized spacial score (nSPS) is 12.7. The van der Waals surface area contributed by atoms with Gasteiger partial charge in [0.15, 0.2) is 0 Å². The average Bonchev–Trinajstić information content (AvgIpc) is 2.62. The molecule has 0 spiro atoms. The summed E-state index contributed by atoms with van der Waals surface area (Å²) in [7, 11) is 1.65. The Morgan fingerprint density at radius 3 is 2.69 bits per heavy atom. The van der Waals surface area contributed by atoms with Crippen LogP contribution in [0.3, 0.4) is 0 Å². The molecular weight excluding hydrogens is 270 g/mol. The van der Waals surface area contributed by atoms with Crippen molar-refractivity contribution in [2.75, 3.05) is 7.11 Å². The van der Waals surface area contributed by atoms with Gasteiger partial charge in [0, 0.05) is 20.2 Å². The zero-order valence-electron chi connectivity index (χ0n) is 9.17. The molecule has 1 aromatic heterocycles. The third-order valence-corrected chi connectivity index (χ3v) is 3.03. The van der Waals surface area contributed by atoms with E-state index in [0.29, 0.717) is 6.61 Å². The van der Waals surface area contributed by atoms with Gasteiger partial charge in [0.25, 0.3) is 0 Å². The summed E-state index contributed by atoms with van der Waals surface area (Å²) in [4.78, 5) is 4.48. The van der Waals surface area contributed by atoms with Crippen molar-refractivity contribution < 1.29 is 4.74 Å². The van der Waals surface area contributed by atoms with Crippen LogP contribution in [0.25, 0.3) is 0 Å². The molecule has 2 heterocycles. The van der Waals surface area contributed by atoms with Gasteiger partial charge in [-0.05, 0) is 18.1 Å². The summed E-state index contributed by atoms with van der Waals surface area (Å²) in [6.45, 7) is 4.23. The lowest BCUT2D eigenvalue weighted by Gasteiger charge is -2.09. The summed E-state index contributed by atoms with van der Waals surface area (Å²) in [6, 6.07) is 0. The van der Waals surface area contributed by atoms with Crippen LogP contribution in [0, 0.1) is 6.92 Å². The van der Waals surface area contributed by atoms with Gasteiger partial charge in [0.2, 0.25) is 0 Å². The second-order valence-electron chi connectivity index (χ2n) is 3.46. The lowest BCUT2D eigenvalue weighted by molar-refractivity contribution is 0.181. The molecule has 92 valence electrons. The van der Waals surface area contributed by atoms with Crippen molar-refractivity contribution in [3.05, 3.63) is 27.5 Å². The van der Waals surface area contributed by atoms with Crippen molar-refractivity contribution in [3.63, 3.8) is 0 Å². The Morgan fingerprint density at radius 2 is 2.06 bits per heavy atom. The van der Waals surface area contributed by atoms with Crippen molar-refractivity contribution in [2.24, 2.45) is 0 Å². The Labute approximate surface area is 113 Å². The molecular formula is C10H15Cl3N2O. The predicted octanol–water partition coefficient (Wildman–Crippen LogP) is 2.64. The van der Waals surface area contributed by atoms with Crippen molar-refractivity contribution in [2.45, 2.75) is 26.6 Å². The first-order valence-electron chi connectivity index (χ1n) is 4.60. The van der Waals surface area contributed by atoms with Gasteiger partial charge in [-0.15, -0.1) is 24.8 Å². The average molecular weight is 286 g/mol. The molecule has 1 aliphatic rings. The summed E-state index contributed by atoms with van der Waals surface area (Å²) in [5, 5.41) is 4.01. The number of pyridine rings is 1. The fourth-order valence-corrected chi connectivity index (χ4v) is 1.97. The van der Waals surface area contributed by atoms with Crippen molar-refractivity contribution in [3.8, 4) is 0 Å². The van der Waals surface area contributed by atoms with Crippen LogP contribution in [-0.2, 0) is 24.4 Å². The molecule has 6 heteroatoms. The smallest absolute Gasteiger partial charge is 0.0899 e. The highest BCUT2D eigenvalue weighted by molar-refractivity contribution is 6.32. The summed E-state index contributed by atoms with van der Waals surface area (Å²) in [5.41, 5.74) is 4.33. The topological polar surface area (TPSA) is 34.1 Å². The van der Waals surface area contributed by atoms with Crippen LogP contribution in [-0.4, -0.2) is 12.1 Å². The number of rotatable bonds is 2. The second-order valence-corrected chi connectivity index (χ2v) is 3.84. The molecule has 0 atom stereocenters. The van der Waals surface area contributed by atoms with Crippen LogP contribution in [0.2, 0.25) is 5.02 Å². The largest absolute Gasteiger partial charge is 0.378 e. The van der Waals surface area contributed by atoms with Crippen molar-refractivity contribution in [1.29, 1.82) is 0 Å². The molecule has 0 saturated heterocycles. The Balaban J connectivity index is 0.00000112. The number of ether oxygens (including phenoxy) is 1. The van der Waals surface area contributed by atoms with Crippen LogP contribution in [0.5, 0.6) is 0 Å². The molecule has 0 amide bonds. The summed E-state index contributed by atoms with van der Waals surface area (Å²) in [6.07, 6.45) is 0. The van der Waals surface area contributed by atoms with Crippen molar-refractivity contribution >= 4 is 36.4 Å². The molecule has 0 fully saturated rings. The molecule has 1 aliphatic heterocycles. The molecule has 0 aromatic carbocycles. The van der Waals surface area contributed by atoms with Crippen molar-refractivity contribution in [1.82, 2.24) is 10.3 Å². The number of fused-ring (bicyclic) bond motifs is 1. The minimum atomic E-state index is 0. The lowest BCUT2D eigenvalue weighted by Crippen LogP contribution is -2.02. The zero-order valence-corrected chi connectivity index (χ0v) is 11.6. The van der Waals surface area contributed by atoms with Crippen LogP contribution in [0.15, 0.2) is 0 Å². The maximum Gasteiger partial charge on any atom is 0.0899 e. The maximum absolute atomic E-state index is 6.19. The first kappa shape index (κ1) is 15.9. The van der Waals surface area contributed by atoms with E-state index >= 15 is 0 Å². The van der Waals surface area contributed by atoms with E-state index in [-0.39, 0.29) is 24.8 Å². The molecule has 16 heavy (non-hydrogen) atoms. The quantitative estimate of drug-likeness (QED) is 0.907. The van der Waals surface area contributed by atoms with Crippen LogP contribution in [0.1, 0.15) is 22.5 Å². The highest BCUT2D eigenvalue weighted by Gasteiger charge is 2.18. The third kappa shape index (κ3) is 2.79. The van der Waals surface area contributed by atoms with E-state index in [1.54, 1.807) is 7.11 Å². The molecule has 0 bridgehead atoms. The van der Waals surface area contributed by atoms with Gasteiger partial charge < -0.3 is 10.1 Å². The van der Waals surface area contributed by atoms with E-state index in [9.17, 15) is 0 Å². The Hall–Kier alpha value is -0.0600. The molecule has 0 saturated carbocycles. The van der Waals surface area contributed by atoms with Gasteiger partial charge in [-0.3, -0.25) is 4.98 Å². The number of halogens is 3. The highest BCUT2D eigenvalue weighted by Crippen LogP contribution is 2.27. The first-order chi connectivity index (χ1) is 6.74. The Kier molecular flexibility index (Phi) is 6.60. The zero-order chi connectivity index (χ0) is 10.1. The van der Waals surface area contributed by atoms with Gasteiger partial charge in [0.1, 0.15) is 0 Å². The van der Waals surface area contributed by atoms with Gasteiger partial charge in [-0.1, -0.05) is 11.6 Å². The monoisotopic (exact) mass is 284 g/mol. The first-order valence-corrected chi connectivity index (χ1v) is 4.98. The summed E-state index contributed by atoms with van der Waals surface area (Å²) >= 11 is 6.19. The van der Waals surface area contributed by atoms with Gasteiger partial charge in [-0.2, -0.15) is 0 Å².